The third-order valence-corrected chi connectivity index (χ3v) is 13.2. The molecule has 1 spiro atoms. The van der Waals surface area contributed by atoms with E-state index in [1.165, 1.54) is 33.4 Å². The van der Waals surface area contributed by atoms with Crippen LogP contribution in [0.25, 0.3) is 78.4 Å². The summed E-state index contributed by atoms with van der Waals surface area (Å²) in [6, 6.07) is 76.4. The molecule has 6 heteroatoms. The molecule has 3 heterocycles. The Kier molecular flexibility index (Phi) is 8.08. The molecule has 11 aromatic rings. The molecule has 2 aliphatic rings. The SMILES string of the molecule is N#Cc1cc(N2c3ccccc3C3(c4ccccc4-c4cc(-c5ccc6oc7ccccc7c6c5)ccc43)c3ccccc32)ccc1-c1nc(-c2ccccc2)nc(-c2ccccc2)n1. The van der Waals surface area contributed by atoms with Crippen LogP contribution in [-0.2, 0) is 5.41 Å². The van der Waals surface area contributed by atoms with E-state index in [1.54, 1.807) is 0 Å². The largest absolute Gasteiger partial charge is 0.456 e. The summed E-state index contributed by atoms with van der Waals surface area (Å²) in [5.74, 6) is 1.53. The molecule has 0 fully saturated rings. The van der Waals surface area contributed by atoms with Gasteiger partial charge >= 0.3 is 0 Å². The second-order valence-electron chi connectivity index (χ2n) is 16.6. The first-order valence-electron chi connectivity index (χ1n) is 21.7. The van der Waals surface area contributed by atoms with Crippen molar-refractivity contribution in [2.75, 3.05) is 4.90 Å². The molecule has 0 N–H and O–H groups in total. The second-order valence-corrected chi connectivity index (χ2v) is 16.6. The summed E-state index contributed by atoms with van der Waals surface area (Å²) in [5, 5.41) is 13.1. The molecule has 0 saturated heterocycles. The van der Waals surface area contributed by atoms with Crippen molar-refractivity contribution in [3.63, 3.8) is 0 Å². The van der Waals surface area contributed by atoms with Crippen LogP contribution in [-0.4, -0.2) is 15.0 Å². The van der Waals surface area contributed by atoms with Crippen molar-refractivity contribution >= 4 is 39.0 Å². The summed E-state index contributed by atoms with van der Waals surface area (Å²) in [6.45, 7) is 0. The van der Waals surface area contributed by atoms with E-state index < -0.39 is 5.41 Å². The summed E-state index contributed by atoms with van der Waals surface area (Å²) in [4.78, 5) is 17.1. The lowest BCUT2D eigenvalue weighted by molar-refractivity contribution is 0.669. The number of rotatable bonds is 5. The molecule has 302 valence electrons. The zero-order valence-corrected chi connectivity index (χ0v) is 34.9. The van der Waals surface area contributed by atoms with Crippen LogP contribution in [0.5, 0.6) is 0 Å². The van der Waals surface area contributed by atoms with Crippen LogP contribution in [0.3, 0.4) is 0 Å². The second kappa shape index (κ2) is 14.3. The van der Waals surface area contributed by atoms with E-state index in [0.29, 0.717) is 28.6 Å². The van der Waals surface area contributed by atoms with Crippen LogP contribution in [0.1, 0.15) is 27.8 Å². The topological polar surface area (TPSA) is 78.8 Å². The van der Waals surface area contributed by atoms with Gasteiger partial charge in [0.2, 0.25) is 0 Å². The molecule has 65 heavy (non-hydrogen) atoms. The molecule has 9 aromatic carbocycles. The van der Waals surface area contributed by atoms with Crippen molar-refractivity contribution < 1.29 is 4.42 Å². The number of furan rings is 1. The van der Waals surface area contributed by atoms with Crippen LogP contribution >= 0.6 is 0 Å². The van der Waals surface area contributed by atoms with Crippen LogP contribution in [0.2, 0.25) is 0 Å². The molecule has 13 rings (SSSR count). The normalized spacial score (nSPS) is 13.0. The van der Waals surface area contributed by atoms with E-state index in [0.717, 1.165) is 61.3 Å². The van der Waals surface area contributed by atoms with Crippen molar-refractivity contribution in [1.82, 2.24) is 15.0 Å². The summed E-state index contributed by atoms with van der Waals surface area (Å²) < 4.78 is 6.20. The van der Waals surface area contributed by atoms with E-state index in [-0.39, 0.29) is 0 Å². The summed E-state index contributed by atoms with van der Waals surface area (Å²) in [7, 11) is 0. The molecule has 2 aromatic heterocycles. The maximum absolute atomic E-state index is 10.9. The minimum absolute atomic E-state index is 0.441. The molecule has 0 saturated carbocycles. The summed E-state index contributed by atoms with van der Waals surface area (Å²) in [6.07, 6.45) is 0. The Morgan fingerprint density at radius 3 is 1.66 bits per heavy atom. The molecular formula is C59H35N5O. The Labute approximate surface area is 375 Å². The van der Waals surface area contributed by atoms with Crippen LogP contribution in [0, 0.1) is 11.3 Å². The quantitative estimate of drug-likeness (QED) is 0.172. The van der Waals surface area contributed by atoms with Gasteiger partial charge in [0.05, 0.1) is 28.4 Å². The standard InChI is InChI=1S/C59H35N5O/c60-36-41-33-42(29-30-43(41)58-62-56(37-15-3-1-4-16-37)61-57(63-58)38-17-5-2-6-18-38)64-52-24-12-10-22-50(52)59(51-23-11-13-25-53(51)64)48-21-9-7-19-44(48)46-34-39(27-31-49(46)59)40-28-32-55-47(35-40)45-20-8-14-26-54(45)65-55/h1-35H. The number of aromatic nitrogens is 3. The summed E-state index contributed by atoms with van der Waals surface area (Å²) >= 11 is 0. The first-order valence-corrected chi connectivity index (χ1v) is 21.7. The van der Waals surface area contributed by atoms with E-state index in [9.17, 15) is 5.26 Å². The lowest BCUT2D eigenvalue weighted by Gasteiger charge is -2.45. The van der Waals surface area contributed by atoms with Crippen molar-refractivity contribution in [2.45, 2.75) is 5.41 Å². The lowest BCUT2D eigenvalue weighted by atomic mass is 9.64. The van der Waals surface area contributed by atoms with Gasteiger partial charge in [-0.05, 0) is 99.1 Å². The van der Waals surface area contributed by atoms with E-state index in [4.69, 9.17) is 19.4 Å². The van der Waals surface area contributed by atoms with Gasteiger partial charge in [0.1, 0.15) is 11.2 Å². The Bertz CT molecular complexity index is 3650. The number of para-hydroxylation sites is 3. The molecule has 1 aliphatic heterocycles. The van der Waals surface area contributed by atoms with Gasteiger partial charge in [0.25, 0.3) is 0 Å². The predicted octanol–water partition coefficient (Wildman–Crippen LogP) is 14.5. The van der Waals surface area contributed by atoms with E-state index >= 15 is 0 Å². The number of nitrogens with zero attached hydrogens (tertiary/aromatic N) is 5. The van der Waals surface area contributed by atoms with Crippen LogP contribution < -0.4 is 4.90 Å². The molecule has 6 nitrogen and oxygen atoms in total. The van der Waals surface area contributed by atoms with Crippen LogP contribution in [0.15, 0.2) is 217 Å². The van der Waals surface area contributed by atoms with Gasteiger partial charge in [-0.1, -0.05) is 158 Å². The van der Waals surface area contributed by atoms with Crippen molar-refractivity contribution in [3.05, 3.63) is 240 Å². The first-order chi connectivity index (χ1) is 32.2. The molecule has 0 radical (unpaired) electrons. The van der Waals surface area contributed by atoms with Crippen molar-refractivity contribution in [2.24, 2.45) is 0 Å². The van der Waals surface area contributed by atoms with Gasteiger partial charge < -0.3 is 9.32 Å². The lowest BCUT2D eigenvalue weighted by Crippen LogP contribution is -2.36. The molecular weight excluding hydrogens is 795 g/mol. The van der Waals surface area contributed by atoms with Crippen molar-refractivity contribution in [1.29, 1.82) is 5.26 Å². The minimum Gasteiger partial charge on any atom is -0.456 e. The third-order valence-electron chi connectivity index (χ3n) is 13.2. The fourth-order valence-electron chi connectivity index (χ4n) is 10.4. The Morgan fingerprint density at radius 1 is 0.400 bits per heavy atom. The van der Waals surface area contributed by atoms with E-state index in [2.05, 4.69) is 138 Å². The maximum Gasteiger partial charge on any atom is 0.165 e. The number of hydrogen-bond acceptors (Lipinski definition) is 6. The number of nitriles is 1. The highest BCUT2D eigenvalue weighted by Crippen LogP contribution is 2.63. The zero-order valence-electron chi connectivity index (χ0n) is 34.9. The smallest absolute Gasteiger partial charge is 0.165 e. The zero-order chi connectivity index (χ0) is 43.1. The number of anilines is 3. The van der Waals surface area contributed by atoms with Gasteiger partial charge in [-0.15, -0.1) is 0 Å². The number of hydrogen-bond donors (Lipinski definition) is 0. The van der Waals surface area contributed by atoms with Gasteiger partial charge in [0.15, 0.2) is 17.5 Å². The van der Waals surface area contributed by atoms with Gasteiger partial charge in [-0.25, -0.2) is 15.0 Å². The highest BCUT2D eigenvalue weighted by Gasteiger charge is 2.51. The third kappa shape index (κ3) is 5.49. The van der Waals surface area contributed by atoms with E-state index in [1.807, 2.05) is 84.9 Å². The fourth-order valence-corrected chi connectivity index (χ4v) is 10.4. The molecule has 0 bridgehead atoms. The molecule has 0 amide bonds. The Hall–Kier alpha value is -8.92. The minimum atomic E-state index is -0.608. The highest BCUT2D eigenvalue weighted by atomic mass is 16.3. The predicted molar refractivity (Wildman–Crippen MR) is 259 cm³/mol. The van der Waals surface area contributed by atoms with Crippen molar-refractivity contribution in [3.8, 4) is 62.5 Å². The average Bonchev–Trinajstić information content (AvgIpc) is 3.90. The van der Waals surface area contributed by atoms with Gasteiger partial charge in [-0.3, -0.25) is 0 Å². The van der Waals surface area contributed by atoms with Gasteiger partial charge in [0, 0.05) is 33.2 Å². The molecule has 0 atom stereocenters. The molecule has 0 unspecified atom stereocenters. The average molecular weight is 830 g/mol. The fraction of sp³-hybridized carbons (Fsp3) is 0.0169. The maximum atomic E-state index is 10.9. The monoisotopic (exact) mass is 829 g/mol. The first kappa shape index (κ1) is 36.7. The summed E-state index contributed by atoms with van der Waals surface area (Å²) in [5.41, 5.74) is 16.5. The number of benzene rings is 9. The highest BCUT2D eigenvalue weighted by molar-refractivity contribution is 6.06. The Morgan fingerprint density at radius 2 is 0.954 bits per heavy atom. The number of fused-ring (bicyclic) bond motifs is 12. The van der Waals surface area contributed by atoms with Crippen LogP contribution in [0.4, 0.5) is 17.1 Å². The van der Waals surface area contributed by atoms with Gasteiger partial charge in [-0.2, -0.15) is 5.26 Å². The molecule has 1 aliphatic carbocycles. The Balaban J connectivity index is 0.969.